The number of halogens is 2. The third-order valence-electron chi connectivity index (χ3n) is 3.80. The summed E-state index contributed by atoms with van der Waals surface area (Å²) in [6, 6.07) is 9.61. The Morgan fingerprint density at radius 3 is 2.58 bits per heavy atom. The fourth-order valence-electron chi connectivity index (χ4n) is 2.16. The van der Waals surface area contributed by atoms with Crippen LogP contribution in [0.5, 0.6) is 5.75 Å². The van der Waals surface area contributed by atoms with Crippen molar-refractivity contribution in [1.29, 1.82) is 0 Å². The van der Waals surface area contributed by atoms with Gasteiger partial charge in [0.1, 0.15) is 5.75 Å². The summed E-state index contributed by atoms with van der Waals surface area (Å²) in [6.07, 6.45) is 0.646. The molecule has 1 atom stereocenters. The van der Waals surface area contributed by atoms with E-state index in [1.165, 1.54) is 11.0 Å². The first-order valence-corrected chi connectivity index (χ1v) is 7.31. The number of aldehydes is 1. The lowest BCUT2D eigenvalue weighted by Gasteiger charge is -2.25. The molecule has 4 nitrogen and oxygen atoms in total. The largest absolute Gasteiger partial charge is 0.483 e. The molecule has 0 fully saturated rings. The minimum atomic E-state index is -0.962. The number of likely N-dealkylation sites (N-methyl/N-ethyl adjacent to an activating group) is 1. The quantitative estimate of drug-likeness (QED) is 0.762. The number of amides is 1. The minimum absolute atomic E-state index is 0.268. The van der Waals surface area contributed by atoms with E-state index in [4.69, 9.17) is 4.74 Å². The van der Waals surface area contributed by atoms with Gasteiger partial charge in [0.05, 0.1) is 11.6 Å². The highest BCUT2D eigenvalue weighted by atomic mass is 19.2. The molecule has 126 valence electrons. The normalized spacial score (nSPS) is 11.7. The van der Waals surface area contributed by atoms with Crippen LogP contribution in [-0.4, -0.2) is 30.7 Å². The molecule has 0 radical (unpaired) electrons. The minimum Gasteiger partial charge on any atom is -0.483 e. The summed E-state index contributed by atoms with van der Waals surface area (Å²) in [5, 5.41) is 0. The predicted molar refractivity (Wildman–Crippen MR) is 84.9 cm³/mol. The Morgan fingerprint density at radius 2 is 1.92 bits per heavy atom. The third-order valence-corrected chi connectivity index (χ3v) is 3.80. The molecular formula is C18H17F2NO3. The molecule has 2 aromatic carbocycles. The van der Waals surface area contributed by atoms with Crippen LogP contribution < -0.4 is 4.74 Å². The van der Waals surface area contributed by atoms with Crippen molar-refractivity contribution < 1.29 is 23.1 Å². The summed E-state index contributed by atoms with van der Waals surface area (Å²) in [7, 11) is 1.54. The molecule has 0 aliphatic rings. The van der Waals surface area contributed by atoms with Crippen LogP contribution in [0.4, 0.5) is 8.78 Å². The second-order valence-corrected chi connectivity index (χ2v) is 5.30. The van der Waals surface area contributed by atoms with Crippen LogP contribution >= 0.6 is 0 Å². The first-order valence-electron chi connectivity index (χ1n) is 7.31. The molecule has 0 bridgehead atoms. The molecule has 0 N–H and O–H groups in total. The lowest BCUT2D eigenvalue weighted by atomic mass is 10.1. The molecular weight excluding hydrogens is 316 g/mol. The first-order chi connectivity index (χ1) is 11.4. The predicted octanol–water partition coefficient (Wildman–Crippen LogP) is 3.38. The van der Waals surface area contributed by atoms with Gasteiger partial charge in [-0.25, -0.2) is 8.78 Å². The number of ether oxygens (including phenoxy) is 1. The highest BCUT2D eigenvalue weighted by Gasteiger charge is 2.19. The number of carbonyl (C=O) groups excluding carboxylic acids is 2. The number of hydrogen-bond donors (Lipinski definition) is 0. The van der Waals surface area contributed by atoms with E-state index < -0.39 is 17.7 Å². The Labute approximate surface area is 138 Å². The number of carbonyl (C=O) groups is 2. The standard InChI is InChI=1S/C18H17F2NO3/c1-12(13-7-8-15(19)16(20)9-13)21(2)18(23)11-24-17-6-4-3-5-14(17)10-22/h3-10,12H,11H2,1-2H3. The van der Waals surface area contributed by atoms with E-state index in [-0.39, 0.29) is 12.5 Å². The van der Waals surface area contributed by atoms with E-state index in [1.54, 1.807) is 38.2 Å². The zero-order valence-electron chi connectivity index (χ0n) is 13.3. The van der Waals surface area contributed by atoms with E-state index in [0.717, 1.165) is 12.1 Å². The van der Waals surface area contributed by atoms with Gasteiger partial charge in [0.25, 0.3) is 5.91 Å². The zero-order valence-corrected chi connectivity index (χ0v) is 13.3. The molecule has 0 saturated carbocycles. The van der Waals surface area contributed by atoms with Gasteiger partial charge in [-0.1, -0.05) is 18.2 Å². The van der Waals surface area contributed by atoms with Crippen LogP contribution in [-0.2, 0) is 4.79 Å². The van der Waals surface area contributed by atoms with Crippen molar-refractivity contribution in [2.45, 2.75) is 13.0 Å². The molecule has 6 heteroatoms. The van der Waals surface area contributed by atoms with Crippen molar-refractivity contribution in [3.63, 3.8) is 0 Å². The van der Waals surface area contributed by atoms with Crippen LogP contribution in [0.3, 0.4) is 0 Å². The summed E-state index contributed by atoms with van der Waals surface area (Å²) in [6.45, 7) is 1.43. The molecule has 0 aromatic heterocycles. The van der Waals surface area contributed by atoms with Gasteiger partial charge in [-0.15, -0.1) is 0 Å². The van der Waals surface area contributed by atoms with Crippen molar-refractivity contribution in [2.75, 3.05) is 13.7 Å². The van der Waals surface area contributed by atoms with Gasteiger partial charge < -0.3 is 9.64 Å². The Kier molecular flexibility index (Phi) is 5.63. The average molecular weight is 333 g/mol. The summed E-state index contributed by atoms with van der Waals surface area (Å²) in [5.74, 6) is -1.94. The molecule has 0 heterocycles. The number of hydrogen-bond acceptors (Lipinski definition) is 3. The van der Waals surface area contributed by atoms with Crippen LogP contribution in [0.1, 0.15) is 28.9 Å². The highest BCUT2D eigenvalue weighted by molar-refractivity contribution is 5.81. The molecule has 2 aromatic rings. The van der Waals surface area contributed by atoms with Gasteiger partial charge in [0, 0.05) is 7.05 Å². The topological polar surface area (TPSA) is 46.6 Å². The van der Waals surface area contributed by atoms with Gasteiger partial charge in [0.15, 0.2) is 24.5 Å². The number of para-hydroxylation sites is 1. The highest BCUT2D eigenvalue weighted by Crippen LogP contribution is 2.21. The Hall–Kier alpha value is -2.76. The average Bonchev–Trinajstić information content (AvgIpc) is 2.60. The van der Waals surface area contributed by atoms with Crippen LogP contribution in [0.2, 0.25) is 0 Å². The second kappa shape index (κ2) is 7.68. The van der Waals surface area contributed by atoms with Crippen LogP contribution in [0, 0.1) is 11.6 Å². The van der Waals surface area contributed by atoms with E-state index in [0.29, 0.717) is 23.2 Å². The molecule has 0 aliphatic carbocycles. The number of nitrogens with zero attached hydrogens (tertiary/aromatic N) is 1. The Bertz CT molecular complexity index is 749. The Balaban J connectivity index is 2.03. The number of benzene rings is 2. The fourth-order valence-corrected chi connectivity index (χ4v) is 2.16. The summed E-state index contributed by atoms with van der Waals surface area (Å²) in [5.41, 5.74) is 0.819. The van der Waals surface area contributed by atoms with Gasteiger partial charge in [-0.2, -0.15) is 0 Å². The zero-order chi connectivity index (χ0) is 17.7. The molecule has 0 aliphatic heterocycles. The number of rotatable bonds is 6. The van der Waals surface area contributed by atoms with Gasteiger partial charge in [0.2, 0.25) is 0 Å². The molecule has 0 spiro atoms. The molecule has 24 heavy (non-hydrogen) atoms. The van der Waals surface area contributed by atoms with Crippen molar-refractivity contribution in [2.24, 2.45) is 0 Å². The summed E-state index contributed by atoms with van der Waals surface area (Å²) >= 11 is 0. The van der Waals surface area contributed by atoms with Crippen molar-refractivity contribution in [3.8, 4) is 5.75 Å². The van der Waals surface area contributed by atoms with Crippen molar-refractivity contribution >= 4 is 12.2 Å². The molecule has 2 rings (SSSR count). The van der Waals surface area contributed by atoms with E-state index in [2.05, 4.69) is 0 Å². The third kappa shape index (κ3) is 3.95. The van der Waals surface area contributed by atoms with E-state index >= 15 is 0 Å². The van der Waals surface area contributed by atoms with Gasteiger partial charge in [-0.3, -0.25) is 9.59 Å². The second-order valence-electron chi connectivity index (χ2n) is 5.30. The maximum atomic E-state index is 13.3. The maximum Gasteiger partial charge on any atom is 0.260 e. The summed E-state index contributed by atoms with van der Waals surface area (Å²) in [4.78, 5) is 24.5. The Morgan fingerprint density at radius 1 is 1.21 bits per heavy atom. The van der Waals surface area contributed by atoms with Crippen molar-refractivity contribution in [1.82, 2.24) is 4.90 Å². The molecule has 0 saturated heterocycles. The summed E-state index contributed by atoms with van der Waals surface area (Å²) < 4.78 is 31.7. The smallest absolute Gasteiger partial charge is 0.260 e. The van der Waals surface area contributed by atoms with Crippen molar-refractivity contribution in [3.05, 3.63) is 65.2 Å². The fraction of sp³-hybridized carbons (Fsp3) is 0.222. The van der Waals surface area contributed by atoms with Gasteiger partial charge in [-0.05, 0) is 36.8 Å². The van der Waals surface area contributed by atoms with E-state index in [1.807, 2.05) is 0 Å². The first kappa shape index (κ1) is 17.6. The molecule has 1 amide bonds. The SMILES string of the molecule is CC(c1ccc(F)c(F)c1)N(C)C(=O)COc1ccccc1C=O. The molecule has 1 unspecified atom stereocenters. The van der Waals surface area contributed by atoms with Crippen LogP contribution in [0.15, 0.2) is 42.5 Å². The van der Waals surface area contributed by atoms with Crippen LogP contribution in [0.25, 0.3) is 0 Å². The monoisotopic (exact) mass is 333 g/mol. The lowest BCUT2D eigenvalue weighted by molar-refractivity contribution is -0.134. The van der Waals surface area contributed by atoms with Gasteiger partial charge >= 0.3 is 0 Å². The van der Waals surface area contributed by atoms with E-state index in [9.17, 15) is 18.4 Å². The maximum absolute atomic E-state index is 13.3. The lowest BCUT2D eigenvalue weighted by Crippen LogP contribution is -2.33.